The van der Waals surface area contributed by atoms with Gasteiger partial charge in [0.1, 0.15) is 5.82 Å². The first kappa shape index (κ1) is 12.5. The molecule has 2 N–H and O–H groups in total. The van der Waals surface area contributed by atoms with E-state index in [0.29, 0.717) is 18.8 Å². The Morgan fingerprint density at radius 2 is 2.25 bits per heavy atom. The van der Waals surface area contributed by atoms with Crippen LogP contribution in [-0.2, 0) is 4.79 Å². The lowest BCUT2D eigenvalue weighted by Gasteiger charge is -2.23. The van der Waals surface area contributed by atoms with Gasteiger partial charge >= 0.3 is 5.97 Å². The maximum absolute atomic E-state index is 11.1. The molecule has 0 amide bonds. The van der Waals surface area contributed by atoms with Gasteiger partial charge in [-0.1, -0.05) is 13.0 Å². The molecule has 1 aromatic heterocycles. The zero-order chi connectivity index (χ0) is 12.2. The first-order valence-electron chi connectivity index (χ1n) is 5.38. The second-order valence-electron chi connectivity index (χ2n) is 4.29. The number of rotatable bonds is 5. The van der Waals surface area contributed by atoms with Crippen molar-refractivity contribution >= 4 is 11.8 Å². The highest BCUT2D eigenvalue weighted by Crippen LogP contribution is 2.21. The summed E-state index contributed by atoms with van der Waals surface area (Å²) in [5.41, 5.74) is 0.342. The molecule has 4 heteroatoms. The molecule has 0 aromatic carbocycles. The van der Waals surface area contributed by atoms with E-state index < -0.39 is 11.4 Å². The zero-order valence-corrected chi connectivity index (χ0v) is 9.95. The van der Waals surface area contributed by atoms with Gasteiger partial charge in [-0.25, -0.2) is 4.98 Å². The highest BCUT2D eigenvalue weighted by Gasteiger charge is 2.30. The largest absolute Gasteiger partial charge is 0.481 e. The predicted octanol–water partition coefficient (Wildman–Crippen LogP) is 2.30. The monoisotopic (exact) mass is 222 g/mol. The van der Waals surface area contributed by atoms with Crippen molar-refractivity contribution in [3.8, 4) is 0 Å². The van der Waals surface area contributed by atoms with Crippen molar-refractivity contribution in [2.45, 2.75) is 27.2 Å². The predicted molar refractivity (Wildman–Crippen MR) is 63.5 cm³/mol. The number of carboxylic acid groups (broad SMARTS) is 1. The van der Waals surface area contributed by atoms with E-state index in [1.165, 1.54) is 0 Å². The molecule has 88 valence electrons. The van der Waals surface area contributed by atoms with E-state index in [2.05, 4.69) is 10.3 Å². The molecule has 0 saturated carbocycles. The lowest BCUT2D eigenvalue weighted by molar-refractivity contribution is -0.147. The van der Waals surface area contributed by atoms with Crippen LogP contribution in [0.15, 0.2) is 18.3 Å². The van der Waals surface area contributed by atoms with Crippen LogP contribution in [0.4, 0.5) is 5.82 Å². The maximum Gasteiger partial charge on any atom is 0.311 e. The van der Waals surface area contributed by atoms with E-state index in [9.17, 15) is 4.79 Å². The molecule has 16 heavy (non-hydrogen) atoms. The molecular weight excluding hydrogens is 204 g/mol. The molecule has 0 bridgehead atoms. The summed E-state index contributed by atoms with van der Waals surface area (Å²) in [4.78, 5) is 15.2. The number of pyridine rings is 1. The number of carbonyl (C=O) groups is 1. The number of hydrogen-bond acceptors (Lipinski definition) is 3. The minimum absolute atomic E-state index is 0.384. The third-order valence-electron chi connectivity index (χ3n) is 2.87. The van der Waals surface area contributed by atoms with Crippen LogP contribution in [0.25, 0.3) is 0 Å². The number of nitrogens with zero attached hydrogens (tertiary/aromatic N) is 1. The van der Waals surface area contributed by atoms with Gasteiger partial charge in [0.2, 0.25) is 0 Å². The number of aromatic nitrogens is 1. The smallest absolute Gasteiger partial charge is 0.311 e. The van der Waals surface area contributed by atoms with Crippen LogP contribution in [0.1, 0.15) is 25.8 Å². The van der Waals surface area contributed by atoms with E-state index in [1.807, 2.05) is 26.0 Å². The maximum atomic E-state index is 11.1. The highest BCUT2D eigenvalue weighted by atomic mass is 16.4. The molecule has 0 saturated heterocycles. The summed E-state index contributed by atoms with van der Waals surface area (Å²) in [5.74, 6) is -0.0684. The van der Waals surface area contributed by atoms with Gasteiger partial charge in [0.25, 0.3) is 0 Å². The molecule has 1 rings (SSSR count). The fourth-order valence-corrected chi connectivity index (χ4v) is 1.21. The van der Waals surface area contributed by atoms with Crippen LogP contribution < -0.4 is 5.32 Å². The van der Waals surface area contributed by atoms with Gasteiger partial charge in [-0.15, -0.1) is 0 Å². The molecule has 0 radical (unpaired) electrons. The quantitative estimate of drug-likeness (QED) is 0.802. The van der Waals surface area contributed by atoms with Gasteiger partial charge in [-0.3, -0.25) is 4.79 Å². The Kier molecular flexibility index (Phi) is 3.88. The number of aryl methyl sites for hydroxylation is 1. The Balaban J connectivity index is 2.63. The molecule has 0 aliphatic carbocycles. The molecule has 1 heterocycles. The molecule has 1 unspecified atom stereocenters. The first-order chi connectivity index (χ1) is 7.48. The minimum Gasteiger partial charge on any atom is -0.481 e. The summed E-state index contributed by atoms with van der Waals surface area (Å²) in [5, 5.41) is 12.1. The fourth-order valence-electron chi connectivity index (χ4n) is 1.21. The van der Waals surface area contributed by atoms with Gasteiger partial charge in [0.05, 0.1) is 5.41 Å². The van der Waals surface area contributed by atoms with Crippen LogP contribution in [0.2, 0.25) is 0 Å². The van der Waals surface area contributed by atoms with Crippen LogP contribution in [-0.4, -0.2) is 22.6 Å². The summed E-state index contributed by atoms with van der Waals surface area (Å²) in [6.45, 7) is 5.95. The number of aliphatic carboxylic acids is 1. The average molecular weight is 222 g/mol. The molecular formula is C12H18N2O2. The molecule has 0 aliphatic rings. The van der Waals surface area contributed by atoms with Crippen LogP contribution in [0, 0.1) is 12.3 Å². The van der Waals surface area contributed by atoms with Crippen LogP contribution >= 0.6 is 0 Å². The topological polar surface area (TPSA) is 62.2 Å². The molecule has 0 aliphatic heterocycles. The summed E-state index contributed by atoms with van der Waals surface area (Å²) in [7, 11) is 0. The van der Waals surface area contributed by atoms with E-state index in [0.717, 1.165) is 5.56 Å². The lowest BCUT2D eigenvalue weighted by atomic mass is 9.88. The van der Waals surface area contributed by atoms with Crippen LogP contribution in [0.5, 0.6) is 0 Å². The third-order valence-corrected chi connectivity index (χ3v) is 2.87. The Morgan fingerprint density at radius 1 is 1.56 bits per heavy atom. The Bertz CT molecular complexity index is 362. The van der Waals surface area contributed by atoms with Gasteiger partial charge in [0, 0.05) is 12.7 Å². The van der Waals surface area contributed by atoms with Crippen molar-refractivity contribution < 1.29 is 9.90 Å². The van der Waals surface area contributed by atoms with Crippen molar-refractivity contribution in [3.63, 3.8) is 0 Å². The SMILES string of the molecule is CCC(C)(CNc1ccc(C)cn1)C(=O)O. The van der Waals surface area contributed by atoms with Crippen molar-refractivity contribution in [3.05, 3.63) is 23.9 Å². The second-order valence-corrected chi connectivity index (χ2v) is 4.29. The van der Waals surface area contributed by atoms with Crippen molar-refractivity contribution in [1.82, 2.24) is 4.98 Å². The lowest BCUT2D eigenvalue weighted by Crippen LogP contribution is -2.34. The molecule has 1 aromatic rings. The van der Waals surface area contributed by atoms with Gasteiger partial charge in [0.15, 0.2) is 0 Å². The van der Waals surface area contributed by atoms with E-state index in [-0.39, 0.29) is 0 Å². The molecule has 1 atom stereocenters. The highest BCUT2D eigenvalue weighted by molar-refractivity contribution is 5.74. The number of nitrogens with one attached hydrogen (secondary N) is 1. The van der Waals surface area contributed by atoms with E-state index in [4.69, 9.17) is 5.11 Å². The number of anilines is 1. The van der Waals surface area contributed by atoms with E-state index >= 15 is 0 Å². The summed E-state index contributed by atoms with van der Waals surface area (Å²) in [6.07, 6.45) is 2.34. The molecule has 0 fully saturated rings. The minimum atomic E-state index is -0.783. The first-order valence-corrected chi connectivity index (χ1v) is 5.38. The normalized spacial score (nSPS) is 14.2. The summed E-state index contributed by atoms with van der Waals surface area (Å²) < 4.78 is 0. The summed E-state index contributed by atoms with van der Waals surface area (Å²) >= 11 is 0. The van der Waals surface area contributed by atoms with E-state index in [1.54, 1.807) is 13.1 Å². The Labute approximate surface area is 95.7 Å². The number of carboxylic acids is 1. The Morgan fingerprint density at radius 3 is 2.69 bits per heavy atom. The number of hydrogen-bond donors (Lipinski definition) is 2. The van der Waals surface area contributed by atoms with Crippen LogP contribution in [0.3, 0.4) is 0 Å². The fraction of sp³-hybridized carbons (Fsp3) is 0.500. The van der Waals surface area contributed by atoms with Gasteiger partial charge < -0.3 is 10.4 Å². The summed E-state index contributed by atoms with van der Waals surface area (Å²) in [6, 6.07) is 3.80. The molecule has 4 nitrogen and oxygen atoms in total. The van der Waals surface area contributed by atoms with Crippen molar-refractivity contribution in [2.75, 3.05) is 11.9 Å². The molecule has 0 spiro atoms. The Hall–Kier alpha value is -1.58. The zero-order valence-electron chi connectivity index (χ0n) is 9.95. The van der Waals surface area contributed by atoms with Crippen molar-refractivity contribution in [2.24, 2.45) is 5.41 Å². The average Bonchev–Trinajstić information content (AvgIpc) is 2.27. The van der Waals surface area contributed by atoms with Gasteiger partial charge in [-0.05, 0) is 31.9 Å². The van der Waals surface area contributed by atoms with Crippen molar-refractivity contribution in [1.29, 1.82) is 0 Å². The third kappa shape index (κ3) is 2.95. The standard InChI is InChI=1S/C12H18N2O2/c1-4-12(3,11(15)16)8-14-10-6-5-9(2)7-13-10/h5-7H,4,8H2,1-3H3,(H,13,14)(H,15,16). The second kappa shape index (κ2) is 4.96. The van der Waals surface area contributed by atoms with Gasteiger partial charge in [-0.2, -0.15) is 0 Å².